The Labute approximate surface area is 106 Å². The first-order valence-corrected chi connectivity index (χ1v) is 6.12. The van der Waals surface area contributed by atoms with E-state index in [0.717, 1.165) is 24.1 Å². The van der Waals surface area contributed by atoms with Crippen molar-refractivity contribution in [2.45, 2.75) is 32.4 Å². The first-order chi connectivity index (χ1) is 8.54. The first-order valence-electron chi connectivity index (χ1n) is 6.12. The molecule has 1 atom stereocenters. The van der Waals surface area contributed by atoms with Gasteiger partial charge in [-0.05, 0) is 31.0 Å². The standard InChI is InChI=1S/C14H18FN3/c1-3-7-18-10-12(9-17-18)14(2,16)11-5-4-6-13(15)8-11/h4-6,8-10H,3,7,16H2,1-2H3. The molecule has 18 heavy (non-hydrogen) atoms. The summed E-state index contributed by atoms with van der Waals surface area (Å²) in [6.07, 6.45) is 4.69. The Kier molecular flexibility index (Phi) is 3.48. The van der Waals surface area contributed by atoms with Gasteiger partial charge in [-0.15, -0.1) is 0 Å². The summed E-state index contributed by atoms with van der Waals surface area (Å²) < 4.78 is 15.1. The molecule has 0 bridgehead atoms. The quantitative estimate of drug-likeness (QED) is 0.902. The number of hydrogen-bond donors (Lipinski definition) is 1. The fraction of sp³-hybridized carbons (Fsp3) is 0.357. The molecule has 0 saturated carbocycles. The lowest BCUT2D eigenvalue weighted by molar-refractivity contribution is 0.575. The summed E-state index contributed by atoms with van der Waals surface area (Å²) in [5.74, 6) is -0.273. The van der Waals surface area contributed by atoms with Crippen LogP contribution in [-0.2, 0) is 12.1 Å². The molecule has 0 spiro atoms. The second-order valence-corrected chi connectivity index (χ2v) is 4.70. The zero-order chi connectivity index (χ0) is 13.2. The molecule has 0 saturated heterocycles. The van der Waals surface area contributed by atoms with Crippen LogP contribution in [-0.4, -0.2) is 9.78 Å². The minimum atomic E-state index is -0.728. The maximum absolute atomic E-state index is 13.3. The summed E-state index contributed by atoms with van der Waals surface area (Å²) in [6, 6.07) is 6.39. The van der Waals surface area contributed by atoms with Crippen LogP contribution >= 0.6 is 0 Å². The van der Waals surface area contributed by atoms with Crippen molar-refractivity contribution >= 4 is 0 Å². The number of aromatic nitrogens is 2. The van der Waals surface area contributed by atoms with Crippen LogP contribution in [0.15, 0.2) is 36.7 Å². The summed E-state index contributed by atoms with van der Waals surface area (Å²) in [6.45, 7) is 4.82. The third-order valence-corrected chi connectivity index (χ3v) is 3.11. The van der Waals surface area contributed by atoms with Crippen molar-refractivity contribution < 1.29 is 4.39 Å². The average molecular weight is 247 g/mol. The number of rotatable bonds is 4. The van der Waals surface area contributed by atoms with Crippen LogP contribution in [0.3, 0.4) is 0 Å². The smallest absolute Gasteiger partial charge is 0.123 e. The third-order valence-electron chi connectivity index (χ3n) is 3.11. The summed E-state index contributed by atoms with van der Waals surface area (Å²) in [5, 5.41) is 4.26. The lowest BCUT2D eigenvalue weighted by Crippen LogP contribution is -2.34. The van der Waals surface area contributed by atoms with Crippen molar-refractivity contribution in [3.63, 3.8) is 0 Å². The number of hydrogen-bond acceptors (Lipinski definition) is 2. The molecule has 0 aliphatic carbocycles. The maximum atomic E-state index is 13.3. The highest BCUT2D eigenvalue weighted by molar-refractivity contribution is 5.34. The molecular weight excluding hydrogens is 229 g/mol. The number of benzene rings is 1. The highest BCUT2D eigenvalue weighted by Crippen LogP contribution is 2.26. The van der Waals surface area contributed by atoms with Gasteiger partial charge in [-0.25, -0.2) is 4.39 Å². The molecule has 1 unspecified atom stereocenters. The Morgan fingerprint density at radius 2 is 2.17 bits per heavy atom. The average Bonchev–Trinajstić information content (AvgIpc) is 2.79. The summed E-state index contributed by atoms with van der Waals surface area (Å²) in [4.78, 5) is 0. The van der Waals surface area contributed by atoms with E-state index in [-0.39, 0.29) is 5.82 Å². The van der Waals surface area contributed by atoms with E-state index in [2.05, 4.69) is 12.0 Å². The Morgan fingerprint density at radius 1 is 1.39 bits per heavy atom. The van der Waals surface area contributed by atoms with E-state index < -0.39 is 5.54 Å². The molecule has 0 aliphatic heterocycles. The van der Waals surface area contributed by atoms with Crippen LogP contribution in [0.2, 0.25) is 0 Å². The second kappa shape index (κ2) is 4.90. The Hall–Kier alpha value is -1.68. The van der Waals surface area contributed by atoms with Crippen molar-refractivity contribution in [1.29, 1.82) is 0 Å². The molecule has 0 fully saturated rings. The summed E-state index contributed by atoms with van der Waals surface area (Å²) in [7, 11) is 0. The van der Waals surface area contributed by atoms with E-state index >= 15 is 0 Å². The predicted octanol–water partition coefficient (Wildman–Crippen LogP) is 2.65. The SMILES string of the molecule is CCCn1cc(C(C)(N)c2cccc(F)c2)cn1. The Balaban J connectivity index is 2.34. The lowest BCUT2D eigenvalue weighted by Gasteiger charge is -2.23. The van der Waals surface area contributed by atoms with Crippen LogP contribution in [0.25, 0.3) is 0 Å². The van der Waals surface area contributed by atoms with Gasteiger partial charge >= 0.3 is 0 Å². The summed E-state index contributed by atoms with van der Waals surface area (Å²) in [5.41, 5.74) is 7.23. The van der Waals surface area contributed by atoms with Gasteiger partial charge in [-0.1, -0.05) is 19.1 Å². The van der Waals surface area contributed by atoms with Crippen LogP contribution < -0.4 is 5.73 Å². The largest absolute Gasteiger partial charge is 0.318 e. The van der Waals surface area contributed by atoms with Gasteiger partial charge in [0.1, 0.15) is 5.82 Å². The summed E-state index contributed by atoms with van der Waals surface area (Å²) >= 11 is 0. The Morgan fingerprint density at radius 3 is 2.83 bits per heavy atom. The fourth-order valence-electron chi connectivity index (χ4n) is 1.96. The molecule has 0 aliphatic rings. The molecule has 0 amide bonds. The molecule has 2 rings (SSSR count). The monoisotopic (exact) mass is 247 g/mol. The normalized spacial score (nSPS) is 14.4. The van der Waals surface area contributed by atoms with E-state index in [0.29, 0.717) is 0 Å². The number of nitrogens with two attached hydrogens (primary N) is 1. The minimum absolute atomic E-state index is 0.273. The first kappa shape index (κ1) is 12.8. The molecule has 4 heteroatoms. The fourth-order valence-corrected chi connectivity index (χ4v) is 1.96. The topological polar surface area (TPSA) is 43.8 Å². The molecule has 1 aromatic carbocycles. The van der Waals surface area contributed by atoms with Crippen molar-refractivity contribution in [2.75, 3.05) is 0 Å². The molecule has 1 aromatic heterocycles. The van der Waals surface area contributed by atoms with Crippen molar-refractivity contribution in [3.8, 4) is 0 Å². The van der Waals surface area contributed by atoms with Gasteiger partial charge in [0.25, 0.3) is 0 Å². The van der Waals surface area contributed by atoms with E-state index in [4.69, 9.17) is 5.73 Å². The van der Waals surface area contributed by atoms with E-state index in [1.165, 1.54) is 12.1 Å². The van der Waals surface area contributed by atoms with Crippen molar-refractivity contribution in [1.82, 2.24) is 9.78 Å². The predicted molar refractivity (Wildman–Crippen MR) is 69.6 cm³/mol. The van der Waals surface area contributed by atoms with Gasteiger partial charge in [-0.2, -0.15) is 5.10 Å². The van der Waals surface area contributed by atoms with Gasteiger partial charge < -0.3 is 5.73 Å². The van der Waals surface area contributed by atoms with E-state index in [1.54, 1.807) is 12.3 Å². The number of aryl methyl sites for hydroxylation is 1. The second-order valence-electron chi connectivity index (χ2n) is 4.70. The van der Waals surface area contributed by atoms with Crippen LogP contribution in [0.5, 0.6) is 0 Å². The van der Waals surface area contributed by atoms with Gasteiger partial charge in [0.05, 0.1) is 11.7 Å². The molecule has 96 valence electrons. The molecular formula is C14H18FN3. The number of halogens is 1. The van der Waals surface area contributed by atoms with Crippen molar-refractivity contribution in [3.05, 3.63) is 53.6 Å². The highest BCUT2D eigenvalue weighted by atomic mass is 19.1. The van der Waals surface area contributed by atoms with Gasteiger partial charge in [-0.3, -0.25) is 4.68 Å². The van der Waals surface area contributed by atoms with E-state index in [1.807, 2.05) is 23.9 Å². The molecule has 2 N–H and O–H groups in total. The van der Waals surface area contributed by atoms with Crippen LogP contribution in [0.1, 0.15) is 31.4 Å². The minimum Gasteiger partial charge on any atom is -0.318 e. The van der Waals surface area contributed by atoms with Crippen LogP contribution in [0, 0.1) is 5.82 Å². The van der Waals surface area contributed by atoms with Gasteiger partial charge in [0.2, 0.25) is 0 Å². The molecule has 2 aromatic rings. The van der Waals surface area contributed by atoms with Crippen LogP contribution in [0.4, 0.5) is 4.39 Å². The van der Waals surface area contributed by atoms with Crippen molar-refractivity contribution in [2.24, 2.45) is 5.73 Å². The molecule has 3 nitrogen and oxygen atoms in total. The lowest BCUT2D eigenvalue weighted by atomic mass is 9.88. The van der Waals surface area contributed by atoms with Gasteiger partial charge in [0, 0.05) is 18.3 Å². The van der Waals surface area contributed by atoms with E-state index in [9.17, 15) is 4.39 Å². The van der Waals surface area contributed by atoms with Gasteiger partial charge in [0.15, 0.2) is 0 Å². The maximum Gasteiger partial charge on any atom is 0.123 e. The highest BCUT2D eigenvalue weighted by Gasteiger charge is 2.25. The molecule has 1 heterocycles. The zero-order valence-electron chi connectivity index (χ0n) is 10.7. The molecule has 0 radical (unpaired) electrons. The Bertz CT molecular complexity index is 531. The number of nitrogens with zero attached hydrogens (tertiary/aromatic N) is 2. The zero-order valence-corrected chi connectivity index (χ0v) is 10.7. The third kappa shape index (κ3) is 2.43.